The lowest BCUT2D eigenvalue weighted by atomic mass is 10.4. The van der Waals surface area contributed by atoms with Crippen LogP contribution < -0.4 is 10.0 Å². The molecule has 15 heavy (non-hydrogen) atoms. The third kappa shape index (κ3) is 2.59. The van der Waals surface area contributed by atoms with E-state index in [0.717, 1.165) is 4.31 Å². The lowest BCUT2D eigenvalue weighted by molar-refractivity contribution is 0.592. The van der Waals surface area contributed by atoms with Crippen LogP contribution in [0.2, 0.25) is 0 Å². The fourth-order valence-electron chi connectivity index (χ4n) is 1.20. The predicted octanol–water partition coefficient (Wildman–Crippen LogP) is 0.840. The summed E-state index contributed by atoms with van der Waals surface area (Å²) in [6, 6.07) is 3.29. The molecule has 0 amide bonds. The molecule has 1 aromatic heterocycles. The van der Waals surface area contributed by atoms with Gasteiger partial charge in [-0.05, 0) is 18.6 Å². The Morgan fingerprint density at radius 2 is 2.20 bits per heavy atom. The van der Waals surface area contributed by atoms with Gasteiger partial charge in [-0.1, -0.05) is 6.92 Å². The SMILES string of the molecule is CCCS(=O)(=O)N(C)c1ncccc1N. The molecule has 84 valence electrons. The van der Waals surface area contributed by atoms with Gasteiger partial charge in [-0.15, -0.1) is 0 Å². The van der Waals surface area contributed by atoms with Crippen molar-refractivity contribution in [3.63, 3.8) is 0 Å². The van der Waals surface area contributed by atoms with Crippen LogP contribution in [0.15, 0.2) is 18.3 Å². The first-order valence-electron chi connectivity index (χ1n) is 4.66. The van der Waals surface area contributed by atoms with E-state index in [0.29, 0.717) is 12.1 Å². The number of nitrogen functional groups attached to an aromatic ring is 1. The van der Waals surface area contributed by atoms with Gasteiger partial charge in [-0.2, -0.15) is 0 Å². The quantitative estimate of drug-likeness (QED) is 0.830. The second-order valence-corrected chi connectivity index (χ2v) is 5.32. The van der Waals surface area contributed by atoms with Crippen molar-refractivity contribution in [2.45, 2.75) is 13.3 Å². The molecule has 0 aliphatic heterocycles. The van der Waals surface area contributed by atoms with Crippen LogP contribution in [0.4, 0.5) is 11.5 Å². The van der Waals surface area contributed by atoms with Crippen molar-refractivity contribution in [3.05, 3.63) is 18.3 Å². The van der Waals surface area contributed by atoms with Crippen molar-refractivity contribution in [3.8, 4) is 0 Å². The molecule has 0 unspecified atom stereocenters. The zero-order valence-electron chi connectivity index (χ0n) is 8.84. The number of hydrogen-bond acceptors (Lipinski definition) is 4. The van der Waals surface area contributed by atoms with Gasteiger partial charge in [-0.25, -0.2) is 13.4 Å². The Labute approximate surface area is 90.0 Å². The van der Waals surface area contributed by atoms with Crippen LogP contribution in [-0.2, 0) is 10.0 Å². The first-order chi connectivity index (χ1) is 6.99. The standard InChI is InChI=1S/C9H15N3O2S/c1-3-7-15(13,14)12(2)9-8(10)5-4-6-11-9/h4-6H,3,7,10H2,1-2H3. The molecule has 0 radical (unpaired) electrons. The molecule has 0 aliphatic rings. The first kappa shape index (κ1) is 11.8. The van der Waals surface area contributed by atoms with Gasteiger partial charge in [0.25, 0.3) is 0 Å². The summed E-state index contributed by atoms with van der Waals surface area (Å²) in [5.41, 5.74) is 6.01. The van der Waals surface area contributed by atoms with Gasteiger partial charge in [0.05, 0.1) is 11.4 Å². The summed E-state index contributed by atoms with van der Waals surface area (Å²) in [7, 11) is -1.83. The molecule has 0 atom stereocenters. The summed E-state index contributed by atoms with van der Waals surface area (Å²) in [6.07, 6.45) is 2.09. The molecule has 0 fully saturated rings. The number of hydrogen-bond donors (Lipinski definition) is 1. The Kier molecular flexibility index (Phi) is 3.52. The topological polar surface area (TPSA) is 76.3 Å². The first-order valence-corrected chi connectivity index (χ1v) is 6.27. The van der Waals surface area contributed by atoms with Crippen molar-refractivity contribution in [2.75, 3.05) is 22.8 Å². The molecule has 0 aliphatic carbocycles. The maximum atomic E-state index is 11.7. The van der Waals surface area contributed by atoms with E-state index in [9.17, 15) is 8.42 Å². The van der Waals surface area contributed by atoms with Crippen LogP contribution in [0.3, 0.4) is 0 Å². The van der Waals surface area contributed by atoms with E-state index >= 15 is 0 Å². The van der Waals surface area contributed by atoms with Gasteiger partial charge in [0.1, 0.15) is 0 Å². The Morgan fingerprint density at radius 1 is 1.53 bits per heavy atom. The second-order valence-electron chi connectivity index (χ2n) is 3.20. The molecule has 0 spiro atoms. The van der Waals surface area contributed by atoms with E-state index in [1.165, 1.54) is 13.2 Å². The predicted molar refractivity (Wildman–Crippen MR) is 61.1 cm³/mol. The Balaban J connectivity index is 3.05. The minimum absolute atomic E-state index is 0.0967. The number of nitrogens with zero attached hydrogens (tertiary/aromatic N) is 2. The number of rotatable bonds is 4. The molecular formula is C9H15N3O2S. The van der Waals surface area contributed by atoms with Crippen molar-refractivity contribution >= 4 is 21.5 Å². The summed E-state index contributed by atoms with van der Waals surface area (Å²) >= 11 is 0. The Morgan fingerprint density at radius 3 is 2.73 bits per heavy atom. The number of pyridine rings is 1. The highest BCUT2D eigenvalue weighted by molar-refractivity contribution is 7.92. The van der Waals surface area contributed by atoms with Gasteiger partial charge in [0.2, 0.25) is 10.0 Å². The largest absolute Gasteiger partial charge is 0.396 e. The molecule has 0 saturated carbocycles. The third-order valence-corrected chi connectivity index (χ3v) is 3.93. The second kappa shape index (κ2) is 4.48. The molecule has 6 heteroatoms. The Hall–Kier alpha value is -1.30. The summed E-state index contributed by atoms with van der Waals surface area (Å²) in [6.45, 7) is 1.81. The number of sulfonamides is 1. The summed E-state index contributed by atoms with van der Waals surface area (Å²) < 4.78 is 24.6. The lowest BCUT2D eigenvalue weighted by Crippen LogP contribution is -2.30. The van der Waals surface area contributed by atoms with Crippen LogP contribution in [0.25, 0.3) is 0 Å². The van der Waals surface area contributed by atoms with E-state index < -0.39 is 10.0 Å². The average Bonchev–Trinajstić information content (AvgIpc) is 2.17. The van der Waals surface area contributed by atoms with Gasteiger partial charge in [0.15, 0.2) is 5.82 Å². The van der Waals surface area contributed by atoms with Gasteiger partial charge in [-0.3, -0.25) is 4.31 Å². The molecule has 0 aromatic carbocycles. The van der Waals surface area contributed by atoms with Crippen LogP contribution in [0.1, 0.15) is 13.3 Å². The normalized spacial score (nSPS) is 11.3. The molecule has 2 N–H and O–H groups in total. The summed E-state index contributed by atoms with van der Waals surface area (Å²) in [5, 5.41) is 0. The minimum Gasteiger partial charge on any atom is -0.396 e. The number of anilines is 2. The van der Waals surface area contributed by atoms with Crippen molar-refractivity contribution < 1.29 is 8.42 Å². The highest BCUT2D eigenvalue weighted by Crippen LogP contribution is 2.20. The van der Waals surface area contributed by atoms with Crippen LogP contribution >= 0.6 is 0 Å². The van der Waals surface area contributed by atoms with Gasteiger partial charge >= 0.3 is 0 Å². The molecule has 1 heterocycles. The molecule has 1 aromatic rings. The molecule has 5 nitrogen and oxygen atoms in total. The fourth-order valence-corrected chi connectivity index (χ4v) is 2.40. The maximum Gasteiger partial charge on any atom is 0.236 e. The van der Waals surface area contributed by atoms with Crippen molar-refractivity contribution in [2.24, 2.45) is 0 Å². The minimum atomic E-state index is -3.30. The average molecular weight is 229 g/mol. The van der Waals surface area contributed by atoms with E-state index in [4.69, 9.17) is 5.73 Å². The van der Waals surface area contributed by atoms with E-state index in [1.54, 1.807) is 12.1 Å². The highest BCUT2D eigenvalue weighted by Gasteiger charge is 2.19. The van der Waals surface area contributed by atoms with E-state index in [-0.39, 0.29) is 11.6 Å². The molecule has 0 saturated heterocycles. The molecule has 1 rings (SSSR count). The smallest absolute Gasteiger partial charge is 0.236 e. The van der Waals surface area contributed by atoms with Crippen LogP contribution in [-0.4, -0.2) is 26.2 Å². The van der Waals surface area contributed by atoms with E-state index in [1.807, 2.05) is 6.92 Å². The Bertz CT molecular complexity index is 431. The number of aromatic nitrogens is 1. The molecule has 0 bridgehead atoms. The maximum absolute atomic E-state index is 11.7. The van der Waals surface area contributed by atoms with Crippen molar-refractivity contribution in [1.82, 2.24) is 4.98 Å². The summed E-state index contributed by atoms with van der Waals surface area (Å²) in [4.78, 5) is 3.95. The lowest BCUT2D eigenvalue weighted by Gasteiger charge is -2.19. The zero-order chi connectivity index (χ0) is 11.5. The number of nitrogens with two attached hydrogens (primary N) is 1. The van der Waals surface area contributed by atoms with Crippen LogP contribution in [0.5, 0.6) is 0 Å². The third-order valence-electron chi connectivity index (χ3n) is 1.99. The zero-order valence-corrected chi connectivity index (χ0v) is 9.66. The van der Waals surface area contributed by atoms with Crippen molar-refractivity contribution in [1.29, 1.82) is 0 Å². The monoisotopic (exact) mass is 229 g/mol. The fraction of sp³-hybridized carbons (Fsp3) is 0.444. The summed E-state index contributed by atoms with van der Waals surface area (Å²) in [5.74, 6) is 0.380. The van der Waals surface area contributed by atoms with Crippen LogP contribution in [0, 0.1) is 0 Å². The van der Waals surface area contributed by atoms with E-state index in [2.05, 4.69) is 4.98 Å². The highest BCUT2D eigenvalue weighted by atomic mass is 32.2. The molecular weight excluding hydrogens is 214 g/mol. The van der Waals surface area contributed by atoms with Gasteiger partial charge < -0.3 is 5.73 Å². The van der Waals surface area contributed by atoms with Gasteiger partial charge in [0, 0.05) is 13.2 Å².